The molecule has 0 amide bonds. The topological polar surface area (TPSA) is 70.4 Å². The summed E-state index contributed by atoms with van der Waals surface area (Å²) in [6, 6.07) is 3.18. The summed E-state index contributed by atoms with van der Waals surface area (Å²) in [5, 5.41) is 0. The van der Waals surface area contributed by atoms with Crippen LogP contribution in [0, 0.1) is 0 Å². The van der Waals surface area contributed by atoms with Gasteiger partial charge in [0.25, 0.3) is 0 Å². The van der Waals surface area contributed by atoms with Crippen molar-refractivity contribution in [3.8, 4) is 0 Å². The van der Waals surface area contributed by atoms with Crippen molar-refractivity contribution < 1.29 is 14.4 Å². The first-order valence-electron chi connectivity index (χ1n) is 4.35. The molecule has 0 saturated heterocycles. The number of hydrogen-bond acceptors (Lipinski definition) is 2. The second-order valence-corrected chi connectivity index (χ2v) is 6.08. The van der Waals surface area contributed by atoms with Crippen LogP contribution in [0.4, 0.5) is 0 Å². The number of aromatic nitrogens is 1. The zero-order valence-electron chi connectivity index (χ0n) is 8.34. The van der Waals surface area contributed by atoms with Gasteiger partial charge in [0.15, 0.2) is 0 Å². The maximum Gasteiger partial charge on any atom is 0.332 e. The molecule has 4 nitrogen and oxygen atoms in total. The maximum absolute atomic E-state index is 11.2. The Morgan fingerprint density at radius 2 is 1.88 bits per heavy atom. The molecule has 7 heteroatoms. The molecule has 0 bridgehead atoms. The average Bonchev–Trinajstić information content (AvgIpc) is 2.17. The van der Waals surface area contributed by atoms with Crippen molar-refractivity contribution in [1.29, 1.82) is 0 Å². The van der Waals surface area contributed by atoms with E-state index in [4.69, 9.17) is 33.0 Å². The van der Waals surface area contributed by atoms with Gasteiger partial charge in [-0.05, 0) is 24.6 Å². The van der Waals surface area contributed by atoms with E-state index < -0.39 is 13.3 Å². The van der Waals surface area contributed by atoms with Crippen LogP contribution in [0.1, 0.15) is 12.5 Å². The standard InChI is InChI=1S/C9H10Cl2NO3P/c1-6(16(13,14)15)8(9(10)11)7-2-4-12-5-3-7/h2-6H,1H3,(H2,13,14,15). The molecule has 0 aliphatic carbocycles. The van der Waals surface area contributed by atoms with E-state index in [2.05, 4.69) is 4.98 Å². The molecule has 0 radical (unpaired) electrons. The molecule has 0 aromatic carbocycles. The summed E-state index contributed by atoms with van der Waals surface area (Å²) in [5.41, 5.74) is -0.287. The average molecular weight is 282 g/mol. The number of hydrogen-bond donors (Lipinski definition) is 2. The first kappa shape index (κ1) is 13.7. The Hall–Kier alpha value is -0.380. The molecule has 1 unspecified atom stereocenters. The third kappa shape index (κ3) is 3.30. The van der Waals surface area contributed by atoms with Gasteiger partial charge in [-0.15, -0.1) is 0 Å². The summed E-state index contributed by atoms with van der Waals surface area (Å²) in [6.07, 6.45) is 3.00. The molecular weight excluding hydrogens is 272 g/mol. The Morgan fingerprint density at radius 1 is 1.38 bits per heavy atom. The van der Waals surface area contributed by atoms with Gasteiger partial charge in [0.1, 0.15) is 4.49 Å². The quantitative estimate of drug-likeness (QED) is 0.836. The van der Waals surface area contributed by atoms with Gasteiger partial charge in [-0.1, -0.05) is 23.2 Å². The Balaban J connectivity index is 3.24. The van der Waals surface area contributed by atoms with Gasteiger partial charge in [0.2, 0.25) is 0 Å². The van der Waals surface area contributed by atoms with Gasteiger partial charge in [0, 0.05) is 18.0 Å². The smallest absolute Gasteiger partial charge is 0.324 e. The van der Waals surface area contributed by atoms with E-state index >= 15 is 0 Å². The van der Waals surface area contributed by atoms with Gasteiger partial charge < -0.3 is 9.79 Å². The summed E-state index contributed by atoms with van der Waals surface area (Å²) >= 11 is 11.3. The zero-order chi connectivity index (χ0) is 12.3. The van der Waals surface area contributed by atoms with Gasteiger partial charge in [-0.25, -0.2) is 0 Å². The highest BCUT2D eigenvalue weighted by atomic mass is 35.5. The molecule has 1 heterocycles. The number of rotatable bonds is 3. The lowest BCUT2D eigenvalue weighted by molar-refractivity contribution is 0.368. The van der Waals surface area contributed by atoms with E-state index in [-0.39, 0.29) is 10.1 Å². The summed E-state index contributed by atoms with van der Waals surface area (Å²) in [4.78, 5) is 22.0. The molecule has 1 atom stereocenters. The van der Waals surface area contributed by atoms with Crippen LogP contribution < -0.4 is 0 Å². The summed E-state index contributed by atoms with van der Waals surface area (Å²) in [7, 11) is -4.28. The minimum absolute atomic E-state index is 0.151. The molecule has 16 heavy (non-hydrogen) atoms. The van der Waals surface area contributed by atoms with Crippen molar-refractivity contribution in [2.24, 2.45) is 0 Å². The number of pyridine rings is 1. The monoisotopic (exact) mass is 281 g/mol. The molecule has 0 aliphatic heterocycles. The molecule has 0 aliphatic rings. The molecule has 88 valence electrons. The first-order chi connectivity index (χ1) is 7.34. The Bertz CT molecular complexity index is 439. The van der Waals surface area contributed by atoms with Gasteiger partial charge in [-0.2, -0.15) is 0 Å². The molecular formula is C9H10Cl2NO3P. The van der Waals surface area contributed by atoms with E-state index in [0.717, 1.165) is 0 Å². The highest BCUT2D eigenvalue weighted by Gasteiger charge is 2.30. The number of nitrogens with zero attached hydrogens (tertiary/aromatic N) is 1. The van der Waals surface area contributed by atoms with Gasteiger partial charge >= 0.3 is 7.60 Å². The van der Waals surface area contributed by atoms with Crippen molar-refractivity contribution in [1.82, 2.24) is 4.98 Å². The minimum Gasteiger partial charge on any atom is -0.324 e. The van der Waals surface area contributed by atoms with Crippen molar-refractivity contribution in [3.05, 3.63) is 34.6 Å². The Morgan fingerprint density at radius 3 is 2.25 bits per heavy atom. The first-order valence-corrected chi connectivity index (χ1v) is 6.78. The minimum atomic E-state index is -4.28. The summed E-state index contributed by atoms with van der Waals surface area (Å²) in [6.45, 7) is 1.38. The van der Waals surface area contributed by atoms with Crippen LogP contribution in [0.2, 0.25) is 0 Å². The molecule has 0 saturated carbocycles. The zero-order valence-corrected chi connectivity index (χ0v) is 10.7. The van der Waals surface area contributed by atoms with Crippen LogP contribution >= 0.6 is 30.8 Å². The highest BCUT2D eigenvalue weighted by Crippen LogP contribution is 2.49. The van der Waals surface area contributed by atoms with Crippen molar-refractivity contribution >= 4 is 36.4 Å². The Kier molecular flexibility index (Phi) is 4.53. The fourth-order valence-corrected chi connectivity index (χ4v) is 2.52. The summed E-state index contributed by atoms with van der Waals surface area (Å²) < 4.78 is 11.0. The molecule has 0 fully saturated rings. The molecule has 2 N–H and O–H groups in total. The van der Waals surface area contributed by atoms with E-state index in [1.54, 1.807) is 12.1 Å². The third-order valence-corrected chi connectivity index (χ3v) is 3.79. The fraction of sp³-hybridized carbons (Fsp3) is 0.222. The highest BCUT2D eigenvalue weighted by molar-refractivity contribution is 7.53. The lowest BCUT2D eigenvalue weighted by atomic mass is 10.1. The van der Waals surface area contributed by atoms with Crippen LogP contribution in [0.25, 0.3) is 5.57 Å². The predicted molar refractivity (Wildman–Crippen MR) is 64.4 cm³/mol. The second-order valence-electron chi connectivity index (χ2n) is 3.18. The SMILES string of the molecule is CC(C(=C(Cl)Cl)c1ccncc1)P(=O)(O)O. The number of allylic oxidation sites excluding steroid dienone is 1. The van der Waals surface area contributed by atoms with E-state index in [1.165, 1.54) is 19.3 Å². The van der Waals surface area contributed by atoms with Crippen molar-refractivity contribution in [2.75, 3.05) is 0 Å². The Labute approximate surface area is 103 Å². The van der Waals surface area contributed by atoms with Crippen LogP contribution in [-0.2, 0) is 4.57 Å². The van der Waals surface area contributed by atoms with E-state index in [1.807, 2.05) is 0 Å². The van der Waals surface area contributed by atoms with E-state index in [0.29, 0.717) is 5.56 Å². The van der Waals surface area contributed by atoms with Crippen LogP contribution in [0.5, 0.6) is 0 Å². The predicted octanol–water partition coefficient (Wildman–Crippen LogP) is 2.79. The molecule has 0 spiro atoms. The number of halogens is 2. The fourth-order valence-electron chi connectivity index (χ4n) is 1.21. The van der Waals surface area contributed by atoms with Crippen LogP contribution in [-0.4, -0.2) is 20.4 Å². The third-order valence-electron chi connectivity index (χ3n) is 2.12. The maximum atomic E-state index is 11.2. The molecule has 1 aromatic rings. The van der Waals surface area contributed by atoms with Crippen LogP contribution in [0.3, 0.4) is 0 Å². The van der Waals surface area contributed by atoms with Crippen LogP contribution in [0.15, 0.2) is 29.0 Å². The van der Waals surface area contributed by atoms with E-state index in [9.17, 15) is 4.57 Å². The van der Waals surface area contributed by atoms with Gasteiger partial charge in [0.05, 0.1) is 5.66 Å². The van der Waals surface area contributed by atoms with Crippen molar-refractivity contribution in [2.45, 2.75) is 12.6 Å². The normalized spacial score (nSPS) is 13.3. The second kappa shape index (κ2) is 5.30. The van der Waals surface area contributed by atoms with Crippen molar-refractivity contribution in [3.63, 3.8) is 0 Å². The largest absolute Gasteiger partial charge is 0.332 e. The summed E-state index contributed by atoms with van der Waals surface area (Å²) in [5.74, 6) is 0. The molecule has 1 rings (SSSR count). The molecule has 1 aromatic heterocycles. The lowest BCUT2D eigenvalue weighted by Crippen LogP contribution is -2.07. The lowest BCUT2D eigenvalue weighted by Gasteiger charge is -2.17. The van der Waals surface area contributed by atoms with Gasteiger partial charge in [-0.3, -0.25) is 9.55 Å².